The Morgan fingerprint density at radius 1 is 1.43 bits per heavy atom. The summed E-state index contributed by atoms with van der Waals surface area (Å²) in [6, 6.07) is 1.95. The van der Waals surface area contributed by atoms with Crippen molar-refractivity contribution in [1.82, 2.24) is 4.98 Å². The molecule has 0 aliphatic rings. The van der Waals surface area contributed by atoms with E-state index < -0.39 is 0 Å². The molecular weight excluding hydrogens is 178 g/mol. The smallest absolute Gasteiger partial charge is 0.0709 e. The van der Waals surface area contributed by atoms with Gasteiger partial charge in [-0.05, 0) is 12.5 Å². The monoisotopic (exact) mass is 195 g/mol. The normalized spacial score (nSPS) is 12.2. The molecule has 0 aliphatic carbocycles. The van der Waals surface area contributed by atoms with Gasteiger partial charge in [0.25, 0.3) is 0 Å². The van der Waals surface area contributed by atoms with E-state index in [0.29, 0.717) is 6.54 Å². The highest BCUT2D eigenvalue weighted by molar-refractivity contribution is 5.53. The van der Waals surface area contributed by atoms with Gasteiger partial charge in [-0.2, -0.15) is 0 Å². The largest absolute Gasteiger partial charge is 0.391 e. The fourth-order valence-corrected chi connectivity index (χ4v) is 1.05. The van der Waals surface area contributed by atoms with Gasteiger partial charge < -0.3 is 15.7 Å². The van der Waals surface area contributed by atoms with E-state index in [4.69, 9.17) is 0 Å². The third kappa shape index (κ3) is 3.22. The molecule has 0 radical (unpaired) electrons. The topological polar surface area (TPSA) is 57.2 Å². The number of hydrogen-bond donors (Lipinski definition) is 3. The molecule has 0 aromatic carbocycles. The van der Waals surface area contributed by atoms with Gasteiger partial charge in [0.2, 0.25) is 0 Å². The molecular formula is C10H17N3O. The molecule has 0 spiro atoms. The van der Waals surface area contributed by atoms with Gasteiger partial charge in [0, 0.05) is 13.6 Å². The standard InChI is InChI=1S/C10H17N3O/c1-3-10(14)7-13-9-4-8(11-2)5-12-6-9/h4-6,10-11,13-14H,3,7H2,1-2H3. The van der Waals surface area contributed by atoms with Crippen LogP contribution in [0, 0.1) is 0 Å². The third-order valence-corrected chi connectivity index (χ3v) is 2.04. The van der Waals surface area contributed by atoms with E-state index in [1.807, 2.05) is 20.0 Å². The second-order valence-electron chi connectivity index (χ2n) is 3.16. The van der Waals surface area contributed by atoms with Crippen LogP contribution in [0.4, 0.5) is 11.4 Å². The van der Waals surface area contributed by atoms with E-state index in [0.717, 1.165) is 17.8 Å². The van der Waals surface area contributed by atoms with Crippen molar-refractivity contribution in [3.05, 3.63) is 18.5 Å². The average molecular weight is 195 g/mol. The van der Waals surface area contributed by atoms with Gasteiger partial charge >= 0.3 is 0 Å². The van der Waals surface area contributed by atoms with Crippen molar-refractivity contribution in [2.24, 2.45) is 0 Å². The van der Waals surface area contributed by atoms with E-state index in [-0.39, 0.29) is 6.10 Å². The fraction of sp³-hybridized carbons (Fsp3) is 0.500. The molecule has 0 saturated carbocycles. The molecule has 4 nitrogen and oxygen atoms in total. The van der Waals surface area contributed by atoms with Crippen molar-refractivity contribution in [3.63, 3.8) is 0 Å². The molecule has 0 bridgehead atoms. The molecule has 1 aromatic rings. The summed E-state index contributed by atoms with van der Waals surface area (Å²) in [5.74, 6) is 0. The summed E-state index contributed by atoms with van der Waals surface area (Å²) in [4.78, 5) is 4.05. The quantitative estimate of drug-likeness (QED) is 0.663. The average Bonchev–Trinajstić information content (AvgIpc) is 2.26. The van der Waals surface area contributed by atoms with Crippen molar-refractivity contribution in [2.75, 3.05) is 24.2 Å². The first-order valence-corrected chi connectivity index (χ1v) is 4.81. The predicted octanol–water partition coefficient (Wildman–Crippen LogP) is 1.31. The number of rotatable bonds is 5. The van der Waals surface area contributed by atoms with Crippen LogP contribution in [0.25, 0.3) is 0 Å². The van der Waals surface area contributed by atoms with Crippen LogP contribution in [-0.4, -0.2) is 29.8 Å². The molecule has 3 N–H and O–H groups in total. The third-order valence-electron chi connectivity index (χ3n) is 2.04. The van der Waals surface area contributed by atoms with E-state index in [1.165, 1.54) is 0 Å². The summed E-state index contributed by atoms with van der Waals surface area (Å²) in [6.07, 6.45) is 3.95. The highest BCUT2D eigenvalue weighted by atomic mass is 16.3. The number of nitrogens with zero attached hydrogens (tertiary/aromatic N) is 1. The van der Waals surface area contributed by atoms with Crippen LogP contribution in [0.5, 0.6) is 0 Å². The van der Waals surface area contributed by atoms with Crippen molar-refractivity contribution in [1.29, 1.82) is 0 Å². The molecule has 1 atom stereocenters. The Bertz CT molecular complexity index is 278. The number of anilines is 2. The van der Waals surface area contributed by atoms with E-state index >= 15 is 0 Å². The molecule has 0 saturated heterocycles. The van der Waals surface area contributed by atoms with Crippen LogP contribution in [0.1, 0.15) is 13.3 Å². The summed E-state index contributed by atoms with van der Waals surface area (Å²) >= 11 is 0. The minimum absolute atomic E-state index is 0.298. The van der Waals surface area contributed by atoms with E-state index in [2.05, 4.69) is 15.6 Å². The maximum Gasteiger partial charge on any atom is 0.0709 e. The Hall–Kier alpha value is -1.29. The van der Waals surface area contributed by atoms with Crippen molar-refractivity contribution >= 4 is 11.4 Å². The second-order valence-corrected chi connectivity index (χ2v) is 3.16. The summed E-state index contributed by atoms with van der Waals surface area (Å²) in [6.45, 7) is 2.51. The van der Waals surface area contributed by atoms with Gasteiger partial charge in [-0.15, -0.1) is 0 Å². The Kier molecular flexibility index (Phi) is 4.19. The van der Waals surface area contributed by atoms with Gasteiger partial charge in [-0.3, -0.25) is 4.98 Å². The van der Waals surface area contributed by atoms with Gasteiger partial charge in [-0.25, -0.2) is 0 Å². The van der Waals surface area contributed by atoms with Crippen LogP contribution >= 0.6 is 0 Å². The van der Waals surface area contributed by atoms with Crippen LogP contribution in [0.3, 0.4) is 0 Å². The lowest BCUT2D eigenvalue weighted by Crippen LogP contribution is -2.18. The molecule has 0 amide bonds. The first kappa shape index (κ1) is 10.8. The zero-order chi connectivity index (χ0) is 10.4. The molecule has 1 heterocycles. The minimum Gasteiger partial charge on any atom is -0.391 e. The molecule has 1 unspecified atom stereocenters. The second kappa shape index (κ2) is 5.44. The SMILES string of the molecule is CCC(O)CNc1cncc(NC)c1. The molecule has 4 heteroatoms. The Morgan fingerprint density at radius 2 is 2.14 bits per heavy atom. The number of hydrogen-bond acceptors (Lipinski definition) is 4. The summed E-state index contributed by atoms with van der Waals surface area (Å²) in [5.41, 5.74) is 1.88. The molecule has 1 rings (SSSR count). The highest BCUT2D eigenvalue weighted by Gasteiger charge is 2.00. The van der Waals surface area contributed by atoms with Gasteiger partial charge in [-0.1, -0.05) is 6.92 Å². The maximum absolute atomic E-state index is 9.35. The number of aliphatic hydroxyl groups is 1. The van der Waals surface area contributed by atoms with E-state index in [9.17, 15) is 5.11 Å². The molecule has 0 aliphatic heterocycles. The predicted molar refractivity (Wildman–Crippen MR) is 58.6 cm³/mol. The lowest BCUT2D eigenvalue weighted by Gasteiger charge is -2.10. The fourth-order valence-electron chi connectivity index (χ4n) is 1.05. The minimum atomic E-state index is -0.298. The van der Waals surface area contributed by atoms with Gasteiger partial charge in [0.1, 0.15) is 0 Å². The number of aliphatic hydroxyl groups excluding tert-OH is 1. The van der Waals surface area contributed by atoms with Crippen LogP contribution in [0.15, 0.2) is 18.5 Å². The highest BCUT2D eigenvalue weighted by Crippen LogP contribution is 2.11. The summed E-state index contributed by atoms with van der Waals surface area (Å²) < 4.78 is 0. The zero-order valence-electron chi connectivity index (χ0n) is 8.62. The Balaban J connectivity index is 2.50. The number of nitrogens with one attached hydrogen (secondary N) is 2. The maximum atomic E-state index is 9.35. The number of pyridine rings is 1. The zero-order valence-corrected chi connectivity index (χ0v) is 8.62. The lowest BCUT2D eigenvalue weighted by atomic mass is 10.2. The van der Waals surface area contributed by atoms with Gasteiger partial charge in [0.05, 0.1) is 29.9 Å². The number of aromatic nitrogens is 1. The lowest BCUT2D eigenvalue weighted by molar-refractivity contribution is 0.183. The van der Waals surface area contributed by atoms with Crippen molar-refractivity contribution in [2.45, 2.75) is 19.4 Å². The van der Waals surface area contributed by atoms with Crippen LogP contribution < -0.4 is 10.6 Å². The summed E-state index contributed by atoms with van der Waals surface area (Å²) in [5, 5.41) is 15.5. The molecule has 14 heavy (non-hydrogen) atoms. The molecule has 1 aromatic heterocycles. The Labute approximate surface area is 84.4 Å². The van der Waals surface area contributed by atoms with Crippen LogP contribution in [-0.2, 0) is 0 Å². The first-order valence-electron chi connectivity index (χ1n) is 4.81. The van der Waals surface area contributed by atoms with Crippen molar-refractivity contribution in [3.8, 4) is 0 Å². The van der Waals surface area contributed by atoms with Gasteiger partial charge in [0.15, 0.2) is 0 Å². The van der Waals surface area contributed by atoms with E-state index in [1.54, 1.807) is 12.4 Å². The van der Waals surface area contributed by atoms with Crippen molar-refractivity contribution < 1.29 is 5.11 Å². The molecule has 0 fully saturated rings. The first-order chi connectivity index (χ1) is 6.76. The summed E-state index contributed by atoms with van der Waals surface area (Å²) in [7, 11) is 1.85. The molecule has 78 valence electrons. The Morgan fingerprint density at radius 3 is 2.79 bits per heavy atom. The van der Waals surface area contributed by atoms with Crippen LogP contribution in [0.2, 0.25) is 0 Å².